The Kier molecular flexibility index (Phi) is 3.87. The zero-order valence-corrected chi connectivity index (χ0v) is 10.5. The lowest BCUT2D eigenvalue weighted by Gasteiger charge is -2.34. The van der Waals surface area contributed by atoms with Crippen molar-refractivity contribution in [1.82, 2.24) is 4.98 Å². The van der Waals surface area contributed by atoms with Crippen molar-refractivity contribution in [2.24, 2.45) is 5.73 Å². The quantitative estimate of drug-likeness (QED) is 0.810. The van der Waals surface area contributed by atoms with E-state index in [1.807, 2.05) is 0 Å². The number of rotatable bonds is 1. The first-order valence-electron chi connectivity index (χ1n) is 5.66. The Labute approximate surface area is 112 Å². The zero-order chi connectivity index (χ0) is 14.2. The number of nitrogens with zero attached hydrogens (tertiary/aromatic N) is 2. The number of halogens is 5. The molecule has 2 atom stereocenters. The molecule has 106 valence electrons. The summed E-state index contributed by atoms with van der Waals surface area (Å²) in [6.45, 7) is 0.506. The van der Waals surface area contributed by atoms with Crippen LogP contribution in [0.2, 0.25) is 5.02 Å². The fourth-order valence-corrected chi connectivity index (χ4v) is 2.25. The summed E-state index contributed by atoms with van der Waals surface area (Å²) in [7, 11) is 0. The molecule has 3 nitrogen and oxygen atoms in total. The fraction of sp³-hybridized carbons (Fsp3) is 0.545. The standard InChI is InChI=1S/C11H12ClF4N3/c12-7-3-6(11(14,15)16)4-18-10(7)19-2-1-8(13)9(17)5-19/h3-4,8-9H,1-2,5,17H2/t8-,9+/m1/s1. The van der Waals surface area contributed by atoms with Gasteiger partial charge in [0.1, 0.15) is 12.0 Å². The van der Waals surface area contributed by atoms with Crippen LogP contribution in [-0.4, -0.2) is 30.3 Å². The Hall–Kier alpha value is -1.08. The minimum absolute atomic E-state index is 0.112. The SMILES string of the molecule is N[C@H]1CN(c2ncc(C(F)(F)F)cc2Cl)CC[C@H]1F. The van der Waals surface area contributed by atoms with Gasteiger partial charge in [-0.15, -0.1) is 0 Å². The molecule has 1 aliphatic heterocycles. The van der Waals surface area contributed by atoms with Crippen molar-refractivity contribution in [3.05, 3.63) is 22.8 Å². The van der Waals surface area contributed by atoms with Gasteiger partial charge in [-0.3, -0.25) is 0 Å². The number of alkyl halides is 4. The van der Waals surface area contributed by atoms with E-state index in [1.165, 1.54) is 0 Å². The maximum atomic E-state index is 13.2. The van der Waals surface area contributed by atoms with Crippen LogP contribution in [0.4, 0.5) is 23.4 Å². The van der Waals surface area contributed by atoms with Gasteiger partial charge in [-0.25, -0.2) is 9.37 Å². The van der Waals surface area contributed by atoms with Crippen LogP contribution in [0, 0.1) is 0 Å². The largest absolute Gasteiger partial charge is 0.417 e. The highest BCUT2D eigenvalue weighted by atomic mass is 35.5. The second kappa shape index (κ2) is 5.13. The van der Waals surface area contributed by atoms with Gasteiger partial charge in [0, 0.05) is 19.3 Å². The van der Waals surface area contributed by atoms with E-state index < -0.39 is 24.0 Å². The molecule has 0 bridgehead atoms. The molecule has 0 radical (unpaired) electrons. The van der Waals surface area contributed by atoms with Crippen LogP contribution < -0.4 is 10.6 Å². The van der Waals surface area contributed by atoms with Gasteiger partial charge in [-0.05, 0) is 12.5 Å². The Morgan fingerprint density at radius 1 is 1.42 bits per heavy atom. The molecule has 1 aromatic heterocycles. The van der Waals surface area contributed by atoms with Crippen molar-refractivity contribution in [2.45, 2.75) is 24.8 Å². The molecule has 2 rings (SSSR count). The van der Waals surface area contributed by atoms with Gasteiger partial charge >= 0.3 is 6.18 Å². The molecule has 1 saturated heterocycles. The van der Waals surface area contributed by atoms with Crippen molar-refractivity contribution in [3.63, 3.8) is 0 Å². The third kappa shape index (κ3) is 3.09. The smallest absolute Gasteiger partial charge is 0.354 e. The highest BCUT2D eigenvalue weighted by Crippen LogP contribution is 2.34. The number of nitrogens with two attached hydrogens (primary N) is 1. The molecule has 2 heterocycles. The predicted octanol–water partition coefficient (Wildman–Crippen LogP) is 2.63. The number of aromatic nitrogens is 1. The van der Waals surface area contributed by atoms with Crippen LogP contribution in [0.1, 0.15) is 12.0 Å². The van der Waals surface area contributed by atoms with Gasteiger partial charge in [0.2, 0.25) is 0 Å². The van der Waals surface area contributed by atoms with Crippen molar-refractivity contribution >= 4 is 17.4 Å². The molecule has 2 N–H and O–H groups in total. The average Bonchev–Trinajstić information content (AvgIpc) is 2.31. The van der Waals surface area contributed by atoms with Gasteiger partial charge in [-0.2, -0.15) is 13.2 Å². The normalized spacial score (nSPS) is 24.6. The molecule has 0 saturated carbocycles. The molecule has 8 heteroatoms. The van der Waals surface area contributed by atoms with Gasteiger partial charge in [0.05, 0.1) is 16.6 Å². The van der Waals surface area contributed by atoms with Gasteiger partial charge in [0.15, 0.2) is 0 Å². The van der Waals surface area contributed by atoms with Gasteiger partial charge in [-0.1, -0.05) is 11.6 Å². The number of hydrogen-bond acceptors (Lipinski definition) is 3. The average molecular weight is 298 g/mol. The lowest BCUT2D eigenvalue weighted by atomic mass is 10.0. The van der Waals surface area contributed by atoms with Crippen molar-refractivity contribution < 1.29 is 17.6 Å². The number of pyridine rings is 1. The zero-order valence-electron chi connectivity index (χ0n) is 9.79. The third-order valence-corrected chi connectivity index (χ3v) is 3.30. The summed E-state index contributed by atoms with van der Waals surface area (Å²) in [5.41, 5.74) is 4.68. The molecule has 1 aliphatic rings. The second-order valence-corrected chi connectivity index (χ2v) is 4.85. The Morgan fingerprint density at radius 3 is 2.63 bits per heavy atom. The molecule has 0 unspecified atom stereocenters. The van der Waals surface area contributed by atoms with E-state index in [0.29, 0.717) is 12.7 Å². The van der Waals surface area contributed by atoms with Crippen LogP contribution in [0.5, 0.6) is 0 Å². The van der Waals surface area contributed by atoms with E-state index in [4.69, 9.17) is 17.3 Å². The maximum Gasteiger partial charge on any atom is 0.417 e. The molecule has 1 aromatic rings. The second-order valence-electron chi connectivity index (χ2n) is 4.44. The molecule has 0 aromatic carbocycles. The Bertz CT molecular complexity index is 466. The molecular weight excluding hydrogens is 286 g/mol. The summed E-state index contributed by atoms with van der Waals surface area (Å²) >= 11 is 5.81. The predicted molar refractivity (Wildman–Crippen MR) is 64.0 cm³/mol. The van der Waals surface area contributed by atoms with E-state index in [9.17, 15) is 17.6 Å². The highest BCUT2D eigenvalue weighted by Gasteiger charge is 2.33. The molecule has 19 heavy (non-hydrogen) atoms. The summed E-state index contributed by atoms with van der Waals surface area (Å²) in [4.78, 5) is 5.32. The fourth-order valence-electron chi connectivity index (χ4n) is 1.96. The monoisotopic (exact) mass is 297 g/mol. The van der Waals surface area contributed by atoms with Crippen molar-refractivity contribution in [2.75, 3.05) is 18.0 Å². The molecule has 0 amide bonds. The summed E-state index contributed by atoms with van der Waals surface area (Å²) in [6.07, 6.45) is -4.67. The summed E-state index contributed by atoms with van der Waals surface area (Å²) < 4.78 is 50.7. The molecular formula is C11H12ClF4N3. The third-order valence-electron chi connectivity index (χ3n) is 3.02. The van der Waals surface area contributed by atoms with Crippen LogP contribution in [0.3, 0.4) is 0 Å². The van der Waals surface area contributed by atoms with E-state index in [-0.39, 0.29) is 23.8 Å². The van der Waals surface area contributed by atoms with Crippen LogP contribution in [0.25, 0.3) is 0 Å². The minimum Gasteiger partial charge on any atom is -0.354 e. The summed E-state index contributed by atoms with van der Waals surface area (Å²) in [5.74, 6) is 0.206. The van der Waals surface area contributed by atoms with E-state index in [0.717, 1.165) is 6.07 Å². The van der Waals surface area contributed by atoms with Crippen LogP contribution >= 0.6 is 11.6 Å². The molecule has 0 aliphatic carbocycles. The maximum absolute atomic E-state index is 13.2. The van der Waals surface area contributed by atoms with Crippen molar-refractivity contribution in [1.29, 1.82) is 0 Å². The summed E-state index contributed by atoms with van der Waals surface area (Å²) in [6, 6.07) is 0.130. The Morgan fingerprint density at radius 2 is 2.11 bits per heavy atom. The van der Waals surface area contributed by atoms with E-state index in [1.54, 1.807) is 4.90 Å². The number of anilines is 1. The minimum atomic E-state index is -4.49. The lowest BCUT2D eigenvalue weighted by molar-refractivity contribution is -0.137. The Balaban J connectivity index is 2.22. The van der Waals surface area contributed by atoms with Gasteiger partial charge in [0.25, 0.3) is 0 Å². The van der Waals surface area contributed by atoms with Crippen LogP contribution in [-0.2, 0) is 6.18 Å². The first-order chi connectivity index (χ1) is 8.79. The summed E-state index contributed by atoms with van der Waals surface area (Å²) in [5, 5.41) is -0.112. The molecule has 1 fully saturated rings. The number of piperidine rings is 1. The van der Waals surface area contributed by atoms with Gasteiger partial charge < -0.3 is 10.6 Å². The van der Waals surface area contributed by atoms with E-state index in [2.05, 4.69) is 4.98 Å². The highest BCUT2D eigenvalue weighted by molar-refractivity contribution is 6.33. The lowest BCUT2D eigenvalue weighted by Crippen LogP contribution is -2.50. The first kappa shape index (κ1) is 14.3. The first-order valence-corrected chi connectivity index (χ1v) is 6.04. The van der Waals surface area contributed by atoms with Crippen molar-refractivity contribution in [3.8, 4) is 0 Å². The van der Waals surface area contributed by atoms with Crippen LogP contribution in [0.15, 0.2) is 12.3 Å². The number of hydrogen-bond donors (Lipinski definition) is 1. The molecule has 0 spiro atoms. The van der Waals surface area contributed by atoms with E-state index >= 15 is 0 Å². The topological polar surface area (TPSA) is 42.1 Å².